The zero-order valence-electron chi connectivity index (χ0n) is 16.1. The van der Waals surface area contributed by atoms with Gasteiger partial charge in [0.2, 0.25) is 0 Å². The lowest BCUT2D eigenvalue weighted by Crippen LogP contribution is -2.19. The van der Waals surface area contributed by atoms with Crippen LogP contribution in [0.25, 0.3) is 11.1 Å². The first kappa shape index (κ1) is 19.2. The maximum absolute atomic E-state index is 12.4. The summed E-state index contributed by atoms with van der Waals surface area (Å²) in [6, 6.07) is 22.9. The highest BCUT2D eigenvalue weighted by Gasteiger charge is 2.10. The van der Waals surface area contributed by atoms with Crippen LogP contribution >= 0.6 is 0 Å². The summed E-state index contributed by atoms with van der Waals surface area (Å²) in [6.45, 7) is 1.81. The predicted molar refractivity (Wildman–Crippen MR) is 111 cm³/mol. The van der Waals surface area contributed by atoms with Crippen molar-refractivity contribution >= 4 is 11.6 Å². The monoisotopic (exact) mass is 374 g/mol. The highest BCUT2D eigenvalue weighted by molar-refractivity contribution is 6.03. The van der Waals surface area contributed by atoms with E-state index in [0.29, 0.717) is 22.8 Å². The fourth-order valence-corrected chi connectivity index (χ4v) is 2.80. The molecule has 5 nitrogen and oxygen atoms in total. The molecule has 0 heterocycles. The van der Waals surface area contributed by atoms with E-state index in [-0.39, 0.29) is 5.91 Å². The van der Waals surface area contributed by atoms with E-state index in [9.17, 15) is 4.79 Å². The van der Waals surface area contributed by atoms with E-state index in [1.165, 1.54) is 0 Å². The van der Waals surface area contributed by atoms with Gasteiger partial charge in [0.1, 0.15) is 11.5 Å². The van der Waals surface area contributed by atoms with Gasteiger partial charge in [-0.1, -0.05) is 42.5 Å². The van der Waals surface area contributed by atoms with Crippen molar-refractivity contribution in [1.29, 1.82) is 0 Å². The van der Waals surface area contributed by atoms with Crippen molar-refractivity contribution in [3.63, 3.8) is 0 Å². The van der Waals surface area contributed by atoms with Crippen molar-refractivity contribution in [2.75, 3.05) is 14.2 Å². The van der Waals surface area contributed by atoms with Crippen LogP contribution < -0.4 is 14.9 Å². The number of methoxy groups -OCH3 is 2. The van der Waals surface area contributed by atoms with Crippen LogP contribution in [0.1, 0.15) is 22.8 Å². The minimum absolute atomic E-state index is 0.272. The Hall–Kier alpha value is -3.60. The molecule has 0 aliphatic heterocycles. The number of carbonyl (C=O) groups excluding carboxylic acids is 1. The lowest BCUT2D eigenvalue weighted by atomic mass is 10.0. The van der Waals surface area contributed by atoms with Crippen LogP contribution in [-0.4, -0.2) is 25.8 Å². The number of nitrogens with zero attached hydrogens (tertiary/aromatic N) is 1. The smallest absolute Gasteiger partial charge is 0.271 e. The Bertz CT molecular complexity index is 980. The Kier molecular flexibility index (Phi) is 6.07. The molecule has 0 aromatic heterocycles. The molecule has 0 atom stereocenters. The summed E-state index contributed by atoms with van der Waals surface area (Å²) in [7, 11) is 3.18. The molecule has 3 rings (SSSR count). The van der Waals surface area contributed by atoms with Crippen molar-refractivity contribution in [3.8, 4) is 22.6 Å². The third kappa shape index (κ3) is 4.38. The standard InChI is InChI=1S/C23H22N2O3/c1-16(21-14-13-20(27-2)15-22(21)28-3)24-25-23(26)19-11-9-18(10-12-19)17-7-5-4-6-8-17/h4-15H,1-3H3,(H,25,26)/b24-16-. The van der Waals surface area contributed by atoms with Gasteiger partial charge in [-0.15, -0.1) is 0 Å². The SMILES string of the molecule is COc1ccc(/C(C)=N\NC(=O)c2ccc(-c3ccccc3)cc2)c(OC)c1. The lowest BCUT2D eigenvalue weighted by molar-refractivity contribution is 0.0955. The summed E-state index contributed by atoms with van der Waals surface area (Å²) in [5, 5.41) is 4.21. The first-order valence-corrected chi connectivity index (χ1v) is 8.85. The number of nitrogens with one attached hydrogen (secondary N) is 1. The second-order valence-electron chi connectivity index (χ2n) is 6.15. The van der Waals surface area contributed by atoms with Gasteiger partial charge in [0.05, 0.1) is 19.9 Å². The average Bonchev–Trinajstić information content (AvgIpc) is 2.77. The van der Waals surface area contributed by atoms with Gasteiger partial charge in [-0.05, 0) is 42.3 Å². The van der Waals surface area contributed by atoms with Gasteiger partial charge in [0.25, 0.3) is 5.91 Å². The van der Waals surface area contributed by atoms with Gasteiger partial charge in [0, 0.05) is 17.2 Å². The number of benzene rings is 3. The van der Waals surface area contributed by atoms with Gasteiger partial charge in [-0.25, -0.2) is 5.43 Å². The van der Waals surface area contributed by atoms with Crippen LogP contribution in [0.15, 0.2) is 77.9 Å². The number of hydrazone groups is 1. The molecule has 28 heavy (non-hydrogen) atoms. The molecule has 0 spiro atoms. The number of amides is 1. The minimum atomic E-state index is -0.272. The maximum atomic E-state index is 12.4. The van der Waals surface area contributed by atoms with Gasteiger partial charge < -0.3 is 9.47 Å². The summed E-state index contributed by atoms with van der Waals surface area (Å²) in [4.78, 5) is 12.4. The molecule has 1 N–H and O–H groups in total. The minimum Gasteiger partial charge on any atom is -0.497 e. The second kappa shape index (κ2) is 8.86. The molecule has 142 valence electrons. The zero-order chi connectivity index (χ0) is 19.9. The van der Waals surface area contributed by atoms with E-state index >= 15 is 0 Å². The van der Waals surface area contributed by atoms with Crippen molar-refractivity contribution in [3.05, 3.63) is 83.9 Å². The van der Waals surface area contributed by atoms with Crippen molar-refractivity contribution < 1.29 is 14.3 Å². The molecule has 3 aromatic carbocycles. The first-order valence-electron chi connectivity index (χ1n) is 8.85. The predicted octanol–water partition coefficient (Wildman–Crippen LogP) is 4.52. The fourth-order valence-electron chi connectivity index (χ4n) is 2.80. The van der Waals surface area contributed by atoms with Crippen LogP contribution in [0, 0.1) is 0 Å². The molecule has 5 heteroatoms. The number of hydrogen-bond acceptors (Lipinski definition) is 4. The Morgan fingerprint density at radius 2 is 1.54 bits per heavy atom. The Labute approximate surface area is 164 Å². The molecule has 0 aliphatic carbocycles. The Balaban J connectivity index is 1.72. The van der Waals surface area contributed by atoms with Gasteiger partial charge in [-0.3, -0.25) is 4.79 Å². The first-order chi connectivity index (χ1) is 13.6. The molecule has 0 bridgehead atoms. The number of hydrogen-bond donors (Lipinski definition) is 1. The van der Waals surface area contributed by atoms with E-state index in [0.717, 1.165) is 16.7 Å². The van der Waals surface area contributed by atoms with Crippen LogP contribution in [0.2, 0.25) is 0 Å². The molecular formula is C23H22N2O3. The number of carbonyl (C=O) groups is 1. The van der Waals surface area contributed by atoms with E-state index < -0.39 is 0 Å². The van der Waals surface area contributed by atoms with Crippen molar-refractivity contribution in [2.24, 2.45) is 5.10 Å². The molecule has 0 saturated carbocycles. The highest BCUT2D eigenvalue weighted by Crippen LogP contribution is 2.25. The van der Waals surface area contributed by atoms with E-state index in [1.54, 1.807) is 32.4 Å². The quantitative estimate of drug-likeness (QED) is 0.510. The van der Waals surface area contributed by atoms with Gasteiger partial charge in [-0.2, -0.15) is 5.10 Å². The summed E-state index contributed by atoms with van der Waals surface area (Å²) >= 11 is 0. The van der Waals surface area contributed by atoms with Crippen LogP contribution in [-0.2, 0) is 0 Å². The Morgan fingerprint density at radius 1 is 0.857 bits per heavy atom. The van der Waals surface area contributed by atoms with Crippen LogP contribution in [0.5, 0.6) is 11.5 Å². The maximum Gasteiger partial charge on any atom is 0.271 e. The third-order valence-electron chi connectivity index (χ3n) is 4.38. The van der Waals surface area contributed by atoms with Crippen LogP contribution in [0.3, 0.4) is 0 Å². The van der Waals surface area contributed by atoms with E-state index in [2.05, 4.69) is 10.5 Å². The average molecular weight is 374 g/mol. The molecule has 0 fully saturated rings. The molecule has 0 aliphatic rings. The van der Waals surface area contributed by atoms with E-state index in [4.69, 9.17) is 9.47 Å². The topological polar surface area (TPSA) is 59.9 Å². The zero-order valence-corrected chi connectivity index (χ0v) is 16.1. The van der Waals surface area contributed by atoms with Gasteiger partial charge >= 0.3 is 0 Å². The molecule has 0 saturated heterocycles. The highest BCUT2D eigenvalue weighted by atomic mass is 16.5. The largest absolute Gasteiger partial charge is 0.497 e. The summed E-state index contributed by atoms with van der Waals surface area (Å²) < 4.78 is 10.6. The molecule has 0 radical (unpaired) electrons. The van der Waals surface area contributed by atoms with Crippen molar-refractivity contribution in [1.82, 2.24) is 5.43 Å². The lowest BCUT2D eigenvalue weighted by Gasteiger charge is -2.10. The molecule has 3 aromatic rings. The molecular weight excluding hydrogens is 352 g/mol. The second-order valence-corrected chi connectivity index (χ2v) is 6.15. The Morgan fingerprint density at radius 3 is 2.18 bits per heavy atom. The van der Waals surface area contributed by atoms with Crippen molar-refractivity contribution in [2.45, 2.75) is 6.92 Å². The van der Waals surface area contributed by atoms with Gasteiger partial charge in [0.15, 0.2) is 0 Å². The van der Waals surface area contributed by atoms with E-state index in [1.807, 2.05) is 61.5 Å². The summed E-state index contributed by atoms with van der Waals surface area (Å²) in [6.07, 6.45) is 0. The number of ether oxygens (including phenoxy) is 2. The summed E-state index contributed by atoms with van der Waals surface area (Å²) in [5.74, 6) is 1.05. The molecule has 0 unspecified atom stereocenters. The number of rotatable bonds is 6. The third-order valence-corrected chi connectivity index (χ3v) is 4.38. The normalized spacial score (nSPS) is 11.0. The summed E-state index contributed by atoms with van der Waals surface area (Å²) in [5.41, 5.74) is 6.71. The fraction of sp³-hybridized carbons (Fsp3) is 0.130. The molecule has 1 amide bonds. The van der Waals surface area contributed by atoms with Crippen LogP contribution in [0.4, 0.5) is 0 Å².